The Morgan fingerprint density at radius 3 is 2.68 bits per heavy atom. The summed E-state index contributed by atoms with van der Waals surface area (Å²) in [5.74, 6) is -0.793. The predicted octanol–water partition coefficient (Wildman–Crippen LogP) is 1.90. The van der Waals surface area contributed by atoms with Gasteiger partial charge < -0.3 is 10.4 Å². The van der Waals surface area contributed by atoms with Crippen molar-refractivity contribution in [2.75, 3.05) is 6.54 Å². The molecule has 1 aromatic carbocycles. The predicted molar refractivity (Wildman–Crippen MR) is 68.3 cm³/mol. The van der Waals surface area contributed by atoms with E-state index in [1.807, 2.05) is 0 Å². The number of amides is 1. The number of nitrogens with zero attached hydrogens (tertiary/aromatic N) is 1. The van der Waals surface area contributed by atoms with Gasteiger partial charge in [-0.3, -0.25) is 9.78 Å². The maximum absolute atomic E-state index is 12.7. The average Bonchev–Trinajstić information content (AvgIpc) is 2.41. The quantitative estimate of drug-likeness (QED) is 0.882. The van der Waals surface area contributed by atoms with Gasteiger partial charge in [0, 0.05) is 12.7 Å². The molecule has 5 heteroatoms. The molecule has 0 spiro atoms. The van der Waals surface area contributed by atoms with Crippen LogP contribution in [0.5, 0.6) is 5.75 Å². The van der Waals surface area contributed by atoms with Gasteiger partial charge in [0.25, 0.3) is 5.91 Å². The van der Waals surface area contributed by atoms with Gasteiger partial charge in [-0.15, -0.1) is 0 Å². The molecule has 1 aromatic heterocycles. The number of carbonyl (C=O) groups is 1. The number of aromatic nitrogens is 1. The molecule has 2 aromatic rings. The van der Waals surface area contributed by atoms with Crippen molar-refractivity contribution in [1.82, 2.24) is 10.3 Å². The van der Waals surface area contributed by atoms with E-state index in [0.717, 1.165) is 5.56 Å². The van der Waals surface area contributed by atoms with Crippen molar-refractivity contribution in [3.05, 3.63) is 59.7 Å². The summed E-state index contributed by atoms with van der Waals surface area (Å²) < 4.78 is 12.7. The second kappa shape index (κ2) is 5.95. The van der Waals surface area contributed by atoms with Crippen LogP contribution in [-0.2, 0) is 6.42 Å². The monoisotopic (exact) mass is 260 g/mol. The maximum atomic E-state index is 12.7. The van der Waals surface area contributed by atoms with Crippen LogP contribution in [0.25, 0.3) is 0 Å². The van der Waals surface area contributed by atoms with Crippen molar-refractivity contribution in [2.24, 2.45) is 0 Å². The van der Waals surface area contributed by atoms with Crippen LogP contribution >= 0.6 is 0 Å². The normalized spacial score (nSPS) is 10.2. The number of pyridine rings is 1. The molecule has 1 heterocycles. The molecule has 0 saturated carbocycles. The summed E-state index contributed by atoms with van der Waals surface area (Å²) in [7, 11) is 0. The van der Waals surface area contributed by atoms with E-state index in [2.05, 4.69) is 10.3 Å². The summed E-state index contributed by atoms with van der Waals surface area (Å²) in [5, 5.41) is 12.1. The maximum Gasteiger partial charge on any atom is 0.255 e. The molecule has 4 nitrogen and oxygen atoms in total. The number of carbonyl (C=O) groups excluding carboxylic acids is 1. The van der Waals surface area contributed by atoms with E-state index < -0.39 is 0 Å². The third kappa shape index (κ3) is 3.51. The van der Waals surface area contributed by atoms with E-state index in [1.165, 1.54) is 30.6 Å². The van der Waals surface area contributed by atoms with Crippen molar-refractivity contribution in [2.45, 2.75) is 6.42 Å². The number of rotatable bonds is 4. The largest absolute Gasteiger partial charge is 0.505 e. The van der Waals surface area contributed by atoms with Crippen LogP contribution in [0.4, 0.5) is 4.39 Å². The first-order valence-corrected chi connectivity index (χ1v) is 5.82. The first-order chi connectivity index (χ1) is 9.16. The lowest BCUT2D eigenvalue weighted by Gasteiger charge is -2.06. The number of hydrogen-bond acceptors (Lipinski definition) is 3. The Balaban J connectivity index is 1.88. The highest BCUT2D eigenvalue weighted by Crippen LogP contribution is 2.13. The number of halogens is 1. The Hall–Kier alpha value is -2.43. The fraction of sp³-hybridized carbons (Fsp3) is 0.143. The van der Waals surface area contributed by atoms with Gasteiger partial charge in [-0.25, -0.2) is 4.39 Å². The number of aromatic hydroxyl groups is 1. The molecule has 0 aliphatic rings. The first kappa shape index (κ1) is 13.0. The highest BCUT2D eigenvalue weighted by molar-refractivity contribution is 5.96. The lowest BCUT2D eigenvalue weighted by Crippen LogP contribution is -2.25. The third-order valence-electron chi connectivity index (χ3n) is 2.66. The molecular weight excluding hydrogens is 247 g/mol. The van der Waals surface area contributed by atoms with Gasteiger partial charge in [0.05, 0.1) is 11.8 Å². The lowest BCUT2D eigenvalue weighted by molar-refractivity contribution is 0.0951. The zero-order valence-corrected chi connectivity index (χ0v) is 10.1. The molecule has 0 aliphatic heterocycles. The zero-order valence-electron chi connectivity index (χ0n) is 10.1. The Bertz CT molecular complexity index is 570. The highest BCUT2D eigenvalue weighted by atomic mass is 19.1. The molecule has 0 unspecified atom stereocenters. The van der Waals surface area contributed by atoms with Gasteiger partial charge in [0.1, 0.15) is 11.6 Å². The van der Waals surface area contributed by atoms with Crippen molar-refractivity contribution in [3.8, 4) is 5.75 Å². The van der Waals surface area contributed by atoms with Gasteiger partial charge >= 0.3 is 0 Å². The van der Waals surface area contributed by atoms with Crippen LogP contribution in [0.15, 0.2) is 42.7 Å². The van der Waals surface area contributed by atoms with Crippen molar-refractivity contribution < 1.29 is 14.3 Å². The second-order valence-electron chi connectivity index (χ2n) is 4.03. The third-order valence-corrected chi connectivity index (χ3v) is 2.66. The molecule has 1 amide bonds. The van der Waals surface area contributed by atoms with Crippen LogP contribution in [-0.4, -0.2) is 22.5 Å². The van der Waals surface area contributed by atoms with E-state index in [0.29, 0.717) is 13.0 Å². The van der Waals surface area contributed by atoms with Gasteiger partial charge in [-0.2, -0.15) is 0 Å². The molecule has 98 valence electrons. The molecule has 2 N–H and O–H groups in total. The summed E-state index contributed by atoms with van der Waals surface area (Å²) in [6.07, 6.45) is 3.25. The van der Waals surface area contributed by atoms with Crippen LogP contribution in [0.3, 0.4) is 0 Å². The molecule has 0 aliphatic carbocycles. The lowest BCUT2D eigenvalue weighted by atomic mass is 10.1. The number of nitrogens with one attached hydrogen (secondary N) is 1. The molecule has 0 fully saturated rings. The van der Waals surface area contributed by atoms with Gasteiger partial charge in [0.15, 0.2) is 0 Å². The molecule has 2 rings (SSSR count). The van der Waals surface area contributed by atoms with E-state index in [9.17, 15) is 14.3 Å². The minimum atomic E-state index is -0.359. The summed E-state index contributed by atoms with van der Waals surface area (Å²) in [6, 6.07) is 7.55. The highest BCUT2D eigenvalue weighted by Gasteiger charge is 2.09. The topological polar surface area (TPSA) is 62.2 Å². The fourth-order valence-corrected chi connectivity index (χ4v) is 1.64. The Morgan fingerprint density at radius 2 is 2.00 bits per heavy atom. The smallest absolute Gasteiger partial charge is 0.255 e. The number of hydrogen-bond donors (Lipinski definition) is 2. The molecule has 0 saturated heterocycles. The molecule has 0 bridgehead atoms. The number of benzene rings is 1. The Kier molecular flexibility index (Phi) is 4.07. The molecule has 0 atom stereocenters. The van der Waals surface area contributed by atoms with E-state index >= 15 is 0 Å². The molecular formula is C14H13FN2O2. The molecule has 0 radical (unpaired) electrons. The summed E-state index contributed by atoms with van der Waals surface area (Å²) in [6.45, 7) is 0.409. The summed E-state index contributed by atoms with van der Waals surface area (Å²) in [5.41, 5.74) is 1.12. The van der Waals surface area contributed by atoms with Crippen molar-refractivity contribution in [3.63, 3.8) is 0 Å². The Labute approximate surface area is 109 Å². The summed E-state index contributed by atoms with van der Waals surface area (Å²) in [4.78, 5) is 15.4. The molecule has 19 heavy (non-hydrogen) atoms. The van der Waals surface area contributed by atoms with Gasteiger partial charge in [-0.05, 0) is 30.2 Å². The Morgan fingerprint density at radius 1 is 1.26 bits per heavy atom. The first-order valence-electron chi connectivity index (χ1n) is 5.82. The van der Waals surface area contributed by atoms with E-state index in [4.69, 9.17) is 0 Å². The SMILES string of the molecule is O=C(NCCc1ccc(F)cc1)c1ccncc1O. The van der Waals surface area contributed by atoms with Crippen LogP contribution in [0.2, 0.25) is 0 Å². The van der Waals surface area contributed by atoms with E-state index in [-0.39, 0.29) is 23.0 Å². The second-order valence-corrected chi connectivity index (χ2v) is 4.03. The van der Waals surface area contributed by atoms with Gasteiger partial charge in [0.2, 0.25) is 0 Å². The van der Waals surface area contributed by atoms with Crippen LogP contribution < -0.4 is 5.32 Å². The van der Waals surface area contributed by atoms with E-state index in [1.54, 1.807) is 12.1 Å². The van der Waals surface area contributed by atoms with Crippen LogP contribution in [0.1, 0.15) is 15.9 Å². The van der Waals surface area contributed by atoms with Crippen LogP contribution in [0, 0.1) is 5.82 Å². The van der Waals surface area contributed by atoms with Gasteiger partial charge in [-0.1, -0.05) is 12.1 Å². The zero-order chi connectivity index (χ0) is 13.7. The fourth-order valence-electron chi connectivity index (χ4n) is 1.64. The van der Waals surface area contributed by atoms with Crippen molar-refractivity contribution >= 4 is 5.91 Å². The average molecular weight is 260 g/mol. The minimum Gasteiger partial charge on any atom is -0.505 e. The van der Waals surface area contributed by atoms with Crippen molar-refractivity contribution in [1.29, 1.82) is 0 Å². The standard InChI is InChI=1S/C14H13FN2O2/c15-11-3-1-10(2-4-11)5-8-17-14(19)12-6-7-16-9-13(12)18/h1-4,6-7,9,18H,5,8H2,(H,17,19). The summed E-state index contributed by atoms with van der Waals surface area (Å²) >= 11 is 0. The minimum absolute atomic E-state index is 0.151.